The summed E-state index contributed by atoms with van der Waals surface area (Å²) in [6, 6.07) is 2.07. The summed E-state index contributed by atoms with van der Waals surface area (Å²) in [5, 5.41) is 0. The summed E-state index contributed by atoms with van der Waals surface area (Å²) in [5.74, 6) is 0.638. The first-order chi connectivity index (χ1) is 11.5. The lowest BCUT2D eigenvalue weighted by Gasteiger charge is -2.35. The van der Waals surface area contributed by atoms with Gasteiger partial charge in [-0.2, -0.15) is 4.98 Å². The van der Waals surface area contributed by atoms with E-state index >= 15 is 0 Å². The predicted molar refractivity (Wildman–Crippen MR) is 89.8 cm³/mol. The van der Waals surface area contributed by atoms with Gasteiger partial charge in [-0.15, -0.1) is 0 Å². The molecule has 3 rings (SSSR count). The van der Waals surface area contributed by atoms with Crippen molar-refractivity contribution >= 4 is 0 Å². The largest absolute Gasteiger partial charge is 0.476 e. The Balaban J connectivity index is 1.59. The van der Waals surface area contributed by atoms with Crippen LogP contribution in [0.4, 0.5) is 4.39 Å². The molecule has 3 heterocycles. The lowest BCUT2D eigenvalue weighted by Crippen LogP contribution is -2.47. The number of hydrogen-bond acceptors (Lipinski definition) is 5. The third-order valence-electron chi connectivity index (χ3n) is 5.15. The van der Waals surface area contributed by atoms with Crippen molar-refractivity contribution in [3.05, 3.63) is 18.1 Å². The van der Waals surface area contributed by atoms with Crippen molar-refractivity contribution in [1.29, 1.82) is 0 Å². The molecule has 134 valence electrons. The Morgan fingerprint density at radius 3 is 2.96 bits per heavy atom. The van der Waals surface area contributed by atoms with E-state index in [1.165, 1.54) is 19.8 Å². The van der Waals surface area contributed by atoms with E-state index in [0.717, 1.165) is 26.0 Å². The van der Waals surface area contributed by atoms with Crippen LogP contribution in [0, 0.1) is 0 Å². The molecule has 2 aliphatic rings. The number of fused-ring (bicyclic) bond motifs is 1. The molecule has 2 aliphatic heterocycles. The summed E-state index contributed by atoms with van der Waals surface area (Å²) in [6.45, 7) is 8.10. The average Bonchev–Trinajstić information content (AvgIpc) is 3.11. The molecule has 3 atom stereocenters. The van der Waals surface area contributed by atoms with E-state index in [0.29, 0.717) is 18.5 Å². The molecular weight excluding hydrogens is 309 g/mol. The predicted octanol–water partition coefficient (Wildman–Crippen LogP) is 3.31. The van der Waals surface area contributed by atoms with Crippen molar-refractivity contribution in [2.75, 3.05) is 19.8 Å². The number of alkyl halides is 1. The summed E-state index contributed by atoms with van der Waals surface area (Å²) in [4.78, 5) is 10.6. The van der Waals surface area contributed by atoms with Crippen LogP contribution in [0.5, 0.6) is 5.88 Å². The van der Waals surface area contributed by atoms with Gasteiger partial charge in [-0.1, -0.05) is 0 Å². The van der Waals surface area contributed by atoms with E-state index in [4.69, 9.17) is 9.47 Å². The van der Waals surface area contributed by atoms with Crippen LogP contribution in [0.3, 0.4) is 0 Å². The first-order valence-corrected chi connectivity index (χ1v) is 8.98. The zero-order valence-corrected chi connectivity index (χ0v) is 14.9. The molecule has 1 unspecified atom stereocenters. The number of hydrogen-bond donors (Lipinski definition) is 0. The first-order valence-electron chi connectivity index (χ1n) is 8.98. The molecular formula is C18H28FN3O2. The fourth-order valence-electron chi connectivity index (χ4n) is 3.92. The summed E-state index contributed by atoms with van der Waals surface area (Å²) >= 11 is 0. The lowest BCUT2D eigenvalue weighted by atomic mass is 9.95. The second kappa shape index (κ2) is 7.31. The fourth-order valence-corrected chi connectivity index (χ4v) is 3.92. The van der Waals surface area contributed by atoms with Gasteiger partial charge < -0.3 is 9.47 Å². The number of aromatic nitrogens is 2. The summed E-state index contributed by atoms with van der Waals surface area (Å²) in [7, 11) is 0. The molecule has 0 N–H and O–H groups in total. The summed E-state index contributed by atoms with van der Waals surface area (Å²) in [6.07, 6.45) is 5.32. The number of ether oxygens (including phenoxy) is 2. The van der Waals surface area contributed by atoms with Gasteiger partial charge in [-0.05, 0) is 53.0 Å². The fraction of sp³-hybridized carbons (Fsp3) is 0.778. The van der Waals surface area contributed by atoms with Crippen molar-refractivity contribution in [2.24, 2.45) is 0 Å². The van der Waals surface area contributed by atoms with Gasteiger partial charge in [-0.3, -0.25) is 4.90 Å². The van der Waals surface area contributed by atoms with E-state index in [2.05, 4.69) is 28.7 Å². The van der Waals surface area contributed by atoms with Gasteiger partial charge in [-0.25, -0.2) is 9.37 Å². The van der Waals surface area contributed by atoms with E-state index in [1.807, 2.05) is 0 Å². The Morgan fingerprint density at radius 1 is 1.38 bits per heavy atom. The van der Waals surface area contributed by atoms with Crippen LogP contribution in [-0.4, -0.2) is 52.3 Å². The number of halogens is 1. The number of rotatable bonds is 7. The number of nitrogens with zero attached hydrogens (tertiary/aromatic N) is 3. The second-order valence-electron chi connectivity index (χ2n) is 7.25. The van der Waals surface area contributed by atoms with Crippen LogP contribution in [0.15, 0.2) is 12.3 Å². The Bertz CT molecular complexity index is 555. The zero-order valence-electron chi connectivity index (χ0n) is 14.9. The highest BCUT2D eigenvalue weighted by molar-refractivity contribution is 5.11. The van der Waals surface area contributed by atoms with Crippen LogP contribution < -0.4 is 4.74 Å². The van der Waals surface area contributed by atoms with Crippen LogP contribution >= 0.6 is 0 Å². The second-order valence-corrected chi connectivity index (χ2v) is 7.25. The smallest absolute Gasteiger partial charge is 0.216 e. The van der Waals surface area contributed by atoms with Crippen LogP contribution in [0.25, 0.3) is 0 Å². The van der Waals surface area contributed by atoms with E-state index in [9.17, 15) is 4.39 Å². The van der Waals surface area contributed by atoms with Gasteiger partial charge in [0.25, 0.3) is 0 Å². The van der Waals surface area contributed by atoms with Crippen molar-refractivity contribution in [1.82, 2.24) is 14.9 Å². The van der Waals surface area contributed by atoms with Crippen LogP contribution in [-0.2, 0) is 4.74 Å². The quantitative estimate of drug-likeness (QED) is 0.764. The summed E-state index contributed by atoms with van der Waals surface area (Å²) < 4.78 is 25.1. The standard InChI is InChI=1S/C18H28FN3O2/c1-13(2)24-12-18-7-4-10-22(18)15(5-8-18)11-23-16-6-9-20-17(21-16)14(3)19/h6,9,13-15H,4-5,7-8,10-12H2,1-3H3/t14?,15-,18-/m0/s1. The molecule has 0 bridgehead atoms. The first kappa shape index (κ1) is 17.5. The van der Waals surface area contributed by atoms with Gasteiger partial charge in [0, 0.05) is 23.8 Å². The maximum atomic E-state index is 13.3. The topological polar surface area (TPSA) is 47.5 Å². The van der Waals surface area contributed by atoms with Gasteiger partial charge in [0.1, 0.15) is 6.61 Å². The third kappa shape index (κ3) is 3.70. The Hall–Kier alpha value is -1.27. The summed E-state index contributed by atoms with van der Waals surface area (Å²) in [5.41, 5.74) is 0.183. The van der Waals surface area contributed by atoms with Crippen LogP contribution in [0.2, 0.25) is 0 Å². The molecule has 2 saturated heterocycles. The molecule has 1 aromatic rings. The molecule has 2 fully saturated rings. The SMILES string of the molecule is CC(C)OC[C@@]12CCCN1[C@H](COc1ccnc(C(C)F)n1)CC2. The molecule has 0 aliphatic carbocycles. The van der Waals surface area contributed by atoms with Crippen molar-refractivity contribution in [3.8, 4) is 5.88 Å². The van der Waals surface area contributed by atoms with Gasteiger partial charge >= 0.3 is 0 Å². The lowest BCUT2D eigenvalue weighted by molar-refractivity contribution is -0.00913. The highest BCUT2D eigenvalue weighted by atomic mass is 19.1. The zero-order chi connectivity index (χ0) is 17.2. The average molecular weight is 337 g/mol. The molecule has 0 amide bonds. The van der Waals surface area contributed by atoms with Gasteiger partial charge in [0.15, 0.2) is 12.0 Å². The molecule has 24 heavy (non-hydrogen) atoms. The minimum Gasteiger partial charge on any atom is -0.476 e. The molecule has 0 radical (unpaired) electrons. The maximum absolute atomic E-state index is 13.3. The Kier molecular flexibility index (Phi) is 5.35. The van der Waals surface area contributed by atoms with Crippen LogP contribution in [0.1, 0.15) is 58.5 Å². The minimum atomic E-state index is -1.18. The molecule has 0 saturated carbocycles. The molecule has 0 spiro atoms. The maximum Gasteiger partial charge on any atom is 0.216 e. The van der Waals surface area contributed by atoms with E-state index < -0.39 is 6.17 Å². The highest BCUT2D eigenvalue weighted by Gasteiger charge is 2.49. The van der Waals surface area contributed by atoms with Gasteiger partial charge in [0.2, 0.25) is 5.88 Å². The van der Waals surface area contributed by atoms with Crippen molar-refractivity contribution in [3.63, 3.8) is 0 Å². The Morgan fingerprint density at radius 2 is 2.21 bits per heavy atom. The molecule has 0 aromatic carbocycles. The normalized spacial score (nSPS) is 28.3. The third-order valence-corrected chi connectivity index (χ3v) is 5.15. The van der Waals surface area contributed by atoms with E-state index in [-0.39, 0.29) is 17.5 Å². The monoisotopic (exact) mass is 337 g/mol. The molecule has 1 aromatic heterocycles. The van der Waals surface area contributed by atoms with Crippen molar-refractivity contribution < 1.29 is 13.9 Å². The van der Waals surface area contributed by atoms with E-state index in [1.54, 1.807) is 12.3 Å². The Labute approximate surface area is 143 Å². The molecule has 5 nitrogen and oxygen atoms in total. The van der Waals surface area contributed by atoms with Gasteiger partial charge in [0.05, 0.1) is 12.7 Å². The molecule has 6 heteroatoms. The highest BCUT2D eigenvalue weighted by Crippen LogP contribution is 2.42. The minimum absolute atomic E-state index is 0.180. The van der Waals surface area contributed by atoms with Crippen molar-refractivity contribution in [2.45, 2.75) is 70.3 Å².